The molecular weight excluding hydrogens is 203 g/mol. The van der Waals surface area contributed by atoms with Crippen molar-refractivity contribution in [1.29, 1.82) is 0 Å². The predicted octanol–water partition coefficient (Wildman–Crippen LogP) is 2.52. The molecular formula is C13H19FN2. The smallest absolute Gasteiger partial charge is 0.129 e. The standard InChI is InChI=1S/C13H19FN2/c1-13(2)6-7-16(9-13)12-5-3-4-11(14)10(12)8-15/h3-5H,6-9,15H2,1-2H3. The van der Waals surface area contributed by atoms with Crippen LogP contribution in [0, 0.1) is 11.2 Å². The Morgan fingerprint density at radius 3 is 2.75 bits per heavy atom. The van der Waals surface area contributed by atoms with Crippen LogP contribution in [-0.2, 0) is 6.54 Å². The van der Waals surface area contributed by atoms with Crippen molar-refractivity contribution < 1.29 is 4.39 Å². The van der Waals surface area contributed by atoms with Gasteiger partial charge in [0.2, 0.25) is 0 Å². The number of benzene rings is 1. The van der Waals surface area contributed by atoms with Crippen LogP contribution in [0.25, 0.3) is 0 Å². The Hall–Kier alpha value is -1.09. The Kier molecular flexibility index (Phi) is 2.89. The summed E-state index contributed by atoms with van der Waals surface area (Å²) in [4.78, 5) is 2.24. The van der Waals surface area contributed by atoms with Crippen LogP contribution in [0.15, 0.2) is 18.2 Å². The summed E-state index contributed by atoms with van der Waals surface area (Å²) in [5, 5.41) is 0. The molecule has 2 rings (SSSR count). The Morgan fingerprint density at radius 2 is 2.19 bits per heavy atom. The molecule has 0 amide bonds. The molecule has 1 saturated heterocycles. The van der Waals surface area contributed by atoms with Crippen molar-refractivity contribution >= 4 is 5.69 Å². The first-order valence-electron chi connectivity index (χ1n) is 5.76. The average Bonchev–Trinajstić information content (AvgIpc) is 2.58. The monoisotopic (exact) mass is 222 g/mol. The molecule has 0 atom stereocenters. The fourth-order valence-electron chi connectivity index (χ4n) is 2.36. The lowest BCUT2D eigenvalue weighted by Crippen LogP contribution is -2.24. The lowest BCUT2D eigenvalue weighted by atomic mass is 9.93. The van der Waals surface area contributed by atoms with Gasteiger partial charge in [-0.3, -0.25) is 0 Å². The van der Waals surface area contributed by atoms with Gasteiger partial charge in [-0.25, -0.2) is 4.39 Å². The van der Waals surface area contributed by atoms with Crippen molar-refractivity contribution in [3.63, 3.8) is 0 Å². The first-order valence-corrected chi connectivity index (χ1v) is 5.76. The number of nitrogens with two attached hydrogens (primary N) is 1. The summed E-state index contributed by atoms with van der Waals surface area (Å²) in [5.41, 5.74) is 7.54. The quantitative estimate of drug-likeness (QED) is 0.833. The van der Waals surface area contributed by atoms with E-state index in [-0.39, 0.29) is 12.4 Å². The Bertz CT molecular complexity index is 388. The normalized spacial score (nSPS) is 19.1. The molecule has 1 aliphatic heterocycles. The van der Waals surface area contributed by atoms with Crippen molar-refractivity contribution in [3.05, 3.63) is 29.6 Å². The molecule has 2 N–H and O–H groups in total. The van der Waals surface area contributed by atoms with Crippen LogP contribution in [0.1, 0.15) is 25.8 Å². The van der Waals surface area contributed by atoms with Crippen LogP contribution in [-0.4, -0.2) is 13.1 Å². The van der Waals surface area contributed by atoms with E-state index in [1.165, 1.54) is 6.07 Å². The van der Waals surface area contributed by atoms with Gasteiger partial charge in [-0.15, -0.1) is 0 Å². The third-order valence-corrected chi connectivity index (χ3v) is 3.32. The minimum atomic E-state index is -0.190. The Labute approximate surface area is 96.2 Å². The fraction of sp³-hybridized carbons (Fsp3) is 0.538. The van der Waals surface area contributed by atoms with Crippen LogP contribution in [0.2, 0.25) is 0 Å². The number of anilines is 1. The molecule has 2 nitrogen and oxygen atoms in total. The first-order chi connectivity index (χ1) is 7.53. The molecule has 0 aromatic heterocycles. The van der Waals surface area contributed by atoms with Crippen LogP contribution in [0.5, 0.6) is 0 Å². The third-order valence-electron chi connectivity index (χ3n) is 3.32. The van der Waals surface area contributed by atoms with Crippen molar-refractivity contribution in [2.45, 2.75) is 26.8 Å². The molecule has 1 aromatic carbocycles. The average molecular weight is 222 g/mol. The second kappa shape index (κ2) is 4.06. The van der Waals surface area contributed by atoms with E-state index in [1.54, 1.807) is 6.07 Å². The maximum absolute atomic E-state index is 13.6. The van der Waals surface area contributed by atoms with E-state index in [2.05, 4.69) is 18.7 Å². The predicted molar refractivity (Wildman–Crippen MR) is 64.9 cm³/mol. The molecule has 1 aromatic rings. The van der Waals surface area contributed by atoms with Crippen LogP contribution >= 0.6 is 0 Å². The van der Waals surface area contributed by atoms with Gasteiger partial charge in [0.15, 0.2) is 0 Å². The summed E-state index contributed by atoms with van der Waals surface area (Å²) in [7, 11) is 0. The zero-order valence-corrected chi connectivity index (χ0v) is 9.96. The zero-order chi connectivity index (χ0) is 11.8. The van der Waals surface area contributed by atoms with Gasteiger partial charge in [0, 0.05) is 30.9 Å². The summed E-state index contributed by atoms with van der Waals surface area (Å²) >= 11 is 0. The zero-order valence-electron chi connectivity index (χ0n) is 9.96. The van der Waals surface area contributed by atoms with Crippen molar-refractivity contribution in [3.8, 4) is 0 Å². The van der Waals surface area contributed by atoms with E-state index >= 15 is 0 Å². The highest BCUT2D eigenvalue weighted by atomic mass is 19.1. The van der Waals surface area contributed by atoms with E-state index in [0.29, 0.717) is 11.0 Å². The van der Waals surface area contributed by atoms with Gasteiger partial charge in [0.05, 0.1) is 0 Å². The van der Waals surface area contributed by atoms with E-state index in [1.807, 2.05) is 6.07 Å². The molecule has 16 heavy (non-hydrogen) atoms. The van der Waals surface area contributed by atoms with Crippen LogP contribution in [0.3, 0.4) is 0 Å². The number of hydrogen-bond donors (Lipinski definition) is 1. The third kappa shape index (κ3) is 2.05. The lowest BCUT2D eigenvalue weighted by molar-refractivity contribution is 0.418. The van der Waals surface area contributed by atoms with Gasteiger partial charge < -0.3 is 10.6 Å². The summed E-state index contributed by atoms with van der Waals surface area (Å²) in [6.07, 6.45) is 1.15. The lowest BCUT2D eigenvalue weighted by Gasteiger charge is -2.24. The highest BCUT2D eigenvalue weighted by molar-refractivity contribution is 5.55. The SMILES string of the molecule is CC1(C)CCN(c2cccc(F)c2CN)C1. The maximum Gasteiger partial charge on any atom is 0.129 e. The van der Waals surface area contributed by atoms with Gasteiger partial charge in [-0.05, 0) is 24.0 Å². The van der Waals surface area contributed by atoms with E-state index < -0.39 is 0 Å². The minimum absolute atomic E-state index is 0.190. The molecule has 3 heteroatoms. The van der Waals surface area contributed by atoms with Gasteiger partial charge in [-0.1, -0.05) is 19.9 Å². The number of rotatable bonds is 2. The highest BCUT2D eigenvalue weighted by Gasteiger charge is 2.30. The summed E-state index contributed by atoms with van der Waals surface area (Å²) < 4.78 is 13.6. The fourth-order valence-corrected chi connectivity index (χ4v) is 2.36. The number of nitrogens with zero attached hydrogens (tertiary/aromatic N) is 1. The molecule has 0 spiro atoms. The molecule has 0 radical (unpaired) electrons. The highest BCUT2D eigenvalue weighted by Crippen LogP contribution is 2.34. The number of halogens is 1. The Balaban J connectivity index is 2.31. The Morgan fingerprint density at radius 1 is 1.44 bits per heavy atom. The molecule has 0 unspecified atom stereocenters. The molecule has 88 valence electrons. The van der Waals surface area contributed by atoms with Crippen molar-refractivity contribution in [1.82, 2.24) is 0 Å². The van der Waals surface area contributed by atoms with Gasteiger partial charge in [-0.2, -0.15) is 0 Å². The molecule has 1 heterocycles. The second-order valence-corrected chi connectivity index (χ2v) is 5.28. The molecule has 0 aliphatic carbocycles. The van der Waals surface area contributed by atoms with Crippen LogP contribution in [0.4, 0.5) is 10.1 Å². The van der Waals surface area contributed by atoms with Gasteiger partial charge >= 0.3 is 0 Å². The molecule has 1 aliphatic rings. The second-order valence-electron chi connectivity index (χ2n) is 5.28. The van der Waals surface area contributed by atoms with E-state index in [4.69, 9.17) is 5.73 Å². The largest absolute Gasteiger partial charge is 0.371 e. The van der Waals surface area contributed by atoms with E-state index in [0.717, 1.165) is 25.2 Å². The topological polar surface area (TPSA) is 29.3 Å². The summed E-state index contributed by atoms with van der Waals surface area (Å²) in [6, 6.07) is 5.20. The minimum Gasteiger partial charge on any atom is -0.371 e. The summed E-state index contributed by atoms with van der Waals surface area (Å²) in [5.74, 6) is -0.190. The van der Waals surface area contributed by atoms with Gasteiger partial charge in [0.1, 0.15) is 5.82 Å². The van der Waals surface area contributed by atoms with Crippen molar-refractivity contribution in [2.75, 3.05) is 18.0 Å². The summed E-state index contributed by atoms with van der Waals surface area (Å²) in [6.45, 7) is 6.72. The molecule has 0 bridgehead atoms. The molecule has 1 fully saturated rings. The van der Waals surface area contributed by atoms with E-state index in [9.17, 15) is 4.39 Å². The van der Waals surface area contributed by atoms with Crippen molar-refractivity contribution in [2.24, 2.45) is 11.1 Å². The number of hydrogen-bond acceptors (Lipinski definition) is 2. The van der Waals surface area contributed by atoms with Crippen LogP contribution < -0.4 is 10.6 Å². The first kappa shape index (κ1) is 11.4. The van der Waals surface area contributed by atoms with Gasteiger partial charge in [0.25, 0.3) is 0 Å². The maximum atomic E-state index is 13.6. The molecule has 0 saturated carbocycles.